The van der Waals surface area contributed by atoms with Crippen LogP contribution in [0.25, 0.3) is 0 Å². The summed E-state index contributed by atoms with van der Waals surface area (Å²) in [6.45, 7) is 1.64. The molecule has 0 saturated carbocycles. The first-order valence-corrected chi connectivity index (χ1v) is 7.76. The highest BCUT2D eigenvalue weighted by atomic mass is 32.2. The van der Waals surface area contributed by atoms with E-state index in [0.29, 0.717) is 6.42 Å². The third-order valence-electron chi connectivity index (χ3n) is 3.26. The molecule has 0 bridgehead atoms. The average Bonchev–Trinajstić information content (AvgIpc) is 2.48. The monoisotopic (exact) mass is 296 g/mol. The molecule has 0 spiro atoms. The van der Waals surface area contributed by atoms with Crippen molar-refractivity contribution >= 4 is 34.1 Å². The van der Waals surface area contributed by atoms with Gasteiger partial charge in [0.15, 0.2) is 5.17 Å². The summed E-state index contributed by atoms with van der Waals surface area (Å²) < 4.78 is 0. The molecule has 106 valence electrons. The number of anilines is 1. The molecule has 1 heterocycles. The zero-order valence-corrected chi connectivity index (χ0v) is 12.6. The molecular formula is C17H16N2OS. The smallest absolute Gasteiger partial charge is 0.166 e. The number of para-hydroxylation sites is 2. The van der Waals surface area contributed by atoms with E-state index in [1.165, 1.54) is 0 Å². The number of carbonyl (C=O) groups excluding carboxylic acids is 1. The fraction of sp³-hybridized carbons (Fsp3) is 0.176. The van der Waals surface area contributed by atoms with Crippen molar-refractivity contribution in [2.45, 2.75) is 18.6 Å². The Morgan fingerprint density at radius 2 is 1.86 bits per heavy atom. The van der Waals surface area contributed by atoms with Gasteiger partial charge < -0.3 is 5.32 Å². The van der Waals surface area contributed by atoms with E-state index < -0.39 is 0 Å². The van der Waals surface area contributed by atoms with Crippen molar-refractivity contribution in [3.05, 3.63) is 60.2 Å². The van der Waals surface area contributed by atoms with Crippen LogP contribution in [-0.4, -0.2) is 11.0 Å². The lowest BCUT2D eigenvalue weighted by atomic mass is 10.1. The van der Waals surface area contributed by atoms with E-state index in [4.69, 9.17) is 0 Å². The number of Topliss-reactive ketones (excluding diaryl/α,β-unsaturated/α-hetero) is 1. The number of rotatable bonds is 3. The third-order valence-corrected chi connectivity index (χ3v) is 4.38. The van der Waals surface area contributed by atoms with Gasteiger partial charge in [0.25, 0.3) is 0 Å². The van der Waals surface area contributed by atoms with E-state index >= 15 is 0 Å². The molecule has 1 atom stereocenters. The van der Waals surface area contributed by atoms with Crippen molar-refractivity contribution in [1.29, 1.82) is 0 Å². The number of benzene rings is 2. The van der Waals surface area contributed by atoms with E-state index in [0.717, 1.165) is 22.1 Å². The molecule has 2 aromatic carbocycles. The standard InChI is InChI=1S/C17H16N2OS/c1-12(20)11-16-14-9-5-6-10-15(14)19-17(21-16)18-13-7-3-2-4-8-13/h2-10,16H,11H2,1H3,(H,18,19). The van der Waals surface area contributed by atoms with Crippen LogP contribution in [0, 0.1) is 0 Å². The Balaban J connectivity index is 1.89. The summed E-state index contributed by atoms with van der Waals surface area (Å²) in [5.74, 6) is 0.197. The van der Waals surface area contributed by atoms with Crippen molar-refractivity contribution < 1.29 is 4.79 Å². The molecule has 0 aromatic heterocycles. The van der Waals surface area contributed by atoms with Gasteiger partial charge in [-0.2, -0.15) is 0 Å². The number of fused-ring (bicyclic) bond motifs is 1. The van der Waals surface area contributed by atoms with Crippen molar-refractivity contribution in [3.63, 3.8) is 0 Å². The zero-order chi connectivity index (χ0) is 14.7. The molecule has 0 saturated heterocycles. The minimum absolute atomic E-state index is 0.127. The van der Waals surface area contributed by atoms with Gasteiger partial charge in [-0.15, -0.1) is 0 Å². The second kappa shape index (κ2) is 6.14. The van der Waals surface area contributed by atoms with Crippen LogP contribution in [-0.2, 0) is 4.79 Å². The first kappa shape index (κ1) is 13.9. The number of nitrogens with zero attached hydrogens (tertiary/aromatic N) is 1. The second-order valence-electron chi connectivity index (χ2n) is 4.98. The SMILES string of the molecule is CC(=O)CC1SC(Nc2ccccc2)=Nc2ccccc21. The predicted molar refractivity (Wildman–Crippen MR) is 89.2 cm³/mol. The highest BCUT2D eigenvalue weighted by molar-refractivity contribution is 8.14. The van der Waals surface area contributed by atoms with Gasteiger partial charge in [0.05, 0.1) is 5.69 Å². The van der Waals surface area contributed by atoms with Crippen molar-refractivity contribution in [1.82, 2.24) is 0 Å². The molecule has 3 nitrogen and oxygen atoms in total. The van der Waals surface area contributed by atoms with Crippen LogP contribution in [0.4, 0.5) is 11.4 Å². The number of thioether (sulfide) groups is 1. The van der Waals surface area contributed by atoms with Gasteiger partial charge in [-0.25, -0.2) is 4.99 Å². The molecule has 1 N–H and O–H groups in total. The Morgan fingerprint density at radius 3 is 2.62 bits per heavy atom. The summed E-state index contributed by atoms with van der Waals surface area (Å²) in [6, 6.07) is 18.0. The second-order valence-corrected chi connectivity index (χ2v) is 6.17. The molecule has 1 unspecified atom stereocenters. The third kappa shape index (κ3) is 3.34. The van der Waals surface area contributed by atoms with Crippen LogP contribution in [0.3, 0.4) is 0 Å². The minimum atomic E-state index is 0.127. The molecule has 4 heteroatoms. The molecule has 2 aromatic rings. The maximum Gasteiger partial charge on any atom is 0.166 e. The van der Waals surface area contributed by atoms with Crippen LogP contribution in [0.2, 0.25) is 0 Å². The molecule has 0 aliphatic carbocycles. The zero-order valence-electron chi connectivity index (χ0n) is 11.7. The van der Waals surface area contributed by atoms with Gasteiger partial charge in [-0.1, -0.05) is 48.2 Å². The van der Waals surface area contributed by atoms with Gasteiger partial charge in [0, 0.05) is 17.4 Å². The fourth-order valence-electron chi connectivity index (χ4n) is 2.31. The summed E-state index contributed by atoms with van der Waals surface area (Å²) in [5, 5.41) is 4.29. The Kier molecular flexibility index (Phi) is 4.06. The normalized spacial score (nSPS) is 16.8. The van der Waals surface area contributed by atoms with Crippen molar-refractivity contribution in [3.8, 4) is 0 Å². The van der Waals surface area contributed by atoms with Crippen LogP contribution in [0.15, 0.2) is 59.6 Å². The van der Waals surface area contributed by atoms with Gasteiger partial charge in [0.2, 0.25) is 0 Å². The molecule has 3 rings (SSSR count). The molecule has 1 aliphatic rings. The lowest BCUT2D eigenvalue weighted by molar-refractivity contribution is -0.117. The molecule has 21 heavy (non-hydrogen) atoms. The number of hydrogen-bond donors (Lipinski definition) is 1. The number of carbonyl (C=O) groups is 1. The molecule has 0 radical (unpaired) electrons. The van der Waals surface area contributed by atoms with Crippen molar-refractivity contribution in [2.75, 3.05) is 5.32 Å². The molecular weight excluding hydrogens is 280 g/mol. The van der Waals surface area contributed by atoms with Crippen LogP contribution >= 0.6 is 11.8 Å². The number of amidine groups is 1. The van der Waals surface area contributed by atoms with Gasteiger partial charge >= 0.3 is 0 Å². The molecule has 0 fully saturated rings. The largest absolute Gasteiger partial charge is 0.335 e. The molecule has 0 amide bonds. The highest BCUT2D eigenvalue weighted by Gasteiger charge is 2.24. The van der Waals surface area contributed by atoms with E-state index in [2.05, 4.69) is 16.4 Å². The van der Waals surface area contributed by atoms with E-state index in [-0.39, 0.29) is 11.0 Å². The number of nitrogens with one attached hydrogen (secondary N) is 1. The first-order chi connectivity index (χ1) is 10.2. The number of aliphatic imine (C=N–C) groups is 1. The topological polar surface area (TPSA) is 41.5 Å². The Hall–Kier alpha value is -2.07. The molecule has 1 aliphatic heterocycles. The first-order valence-electron chi connectivity index (χ1n) is 6.88. The van der Waals surface area contributed by atoms with E-state index in [9.17, 15) is 4.79 Å². The van der Waals surface area contributed by atoms with E-state index in [1.54, 1.807) is 18.7 Å². The summed E-state index contributed by atoms with van der Waals surface area (Å²) in [7, 11) is 0. The maximum absolute atomic E-state index is 11.5. The summed E-state index contributed by atoms with van der Waals surface area (Å²) >= 11 is 1.62. The van der Waals surface area contributed by atoms with Gasteiger partial charge in [0.1, 0.15) is 5.78 Å². The summed E-state index contributed by atoms with van der Waals surface area (Å²) in [6.07, 6.45) is 0.525. The maximum atomic E-state index is 11.5. The lowest BCUT2D eigenvalue weighted by Crippen LogP contribution is -2.15. The number of ketones is 1. The highest BCUT2D eigenvalue weighted by Crippen LogP contribution is 2.43. The van der Waals surface area contributed by atoms with Crippen LogP contribution in [0.5, 0.6) is 0 Å². The van der Waals surface area contributed by atoms with Crippen LogP contribution in [0.1, 0.15) is 24.2 Å². The van der Waals surface area contributed by atoms with Crippen molar-refractivity contribution in [2.24, 2.45) is 4.99 Å². The number of hydrogen-bond acceptors (Lipinski definition) is 4. The minimum Gasteiger partial charge on any atom is -0.335 e. The van der Waals surface area contributed by atoms with Gasteiger partial charge in [-0.05, 0) is 30.7 Å². The van der Waals surface area contributed by atoms with Gasteiger partial charge in [-0.3, -0.25) is 4.79 Å². The Bertz CT molecular complexity index is 682. The average molecular weight is 296 g/mol. The summed E-state index contributed by atoms with van der Waals surface area (Å²) in [4.78, 5) is 16.2. The van der Waals surface area contributed by atoms with Crippen LogP contribution < -0.4 is 5.32 Å². The predicted octanol–water partition coefficient (Wildman–Crippen LogP) is 4.55. The Labute approximate surface area is 128 Å². The Morgan fingerprint density at radius 1 is 1.14 bits per heavy atom. The quantitative estimate of drug-likeness (QED) is 0.903. The fourth-order valence-corrected chi connectivity index (χ4v) is 3.55. The van der Waals surface area contributed by atoms with E-state index in [1.807, 2.05) is 48.5 Å². The summed E-state index contributed by atoms with van der Waals surface area (Å²) in [5.41, 5.74) is 3.09. The lowest BCUT2D eigenvalue weighted by Gasteiger charge is -2.24.